The van der Waals surface area contributed by atoms with Gasteiger partial charge in [-0.05, 0) is 64.9 Å². The van der Waals surface area contributed by atoms with Crippen LogP contribution in [0.2, 0.25) is 0 Å². The summed E-state index contributed by atoms with van der Waals surface area (Å²) in [5.74, 6) is 0. The Labute approximate surface area is 133 Å². The minimum Gasteiger partial charge on any atom is -0.143 e. The molecular formula is C13H11BrClIS. The van der Waals surface area contributed by atoms with Crippen molar-refractivity contribution in [3.8, 4) is 0 Å². The number of alkyl halides is 1. The lowest BCUT2D eigenvalue weighted by molar-refractivity contribution is 1.16. The molecule has 0 radical (unpaired) electrons. The highest BCUT2D eigenvalue weighted by Crippen LogP contribution is 2.37. The molecule has 1 atom stereocenters. The van der Waals surface area contributed by atoms with E-state index in [1.807, 2.05) is 6.07 Å². The van der Waals surface area contributed by atoms with Gasteiger partial charge in [0.05, 0.1) is 5.38 Å². The molecule has 0 aliphatic heterocycles. The molecule has 90 valence electrons. The molecule has 0 bridgehead atoms. The second-order valence-electron chi connectivity index (χ2n) is 3.69. The Morgan fingerprint density at radius 3 is 2.76 bits per heavy atom. The van der Waals surface area contributed by atoms with Gasteiger partial charge >= 0.3 is 0 Å². The summed E-state index contributed by atoms with van der Waals surface area (Å²) in [6.45, 7) is 2.17. The fourth-order valence-electron chi connectivity index (χ4n) is 1.58. The van der Waals surface area contributed by atoms with E-state index in [9.17, 15) is 0 Å². The van der Waals surface area contributed by atoms with E-state index >= 15 is 0 Å². The second kappa shape index (κ2) is 6.04. The molecule has 2 rings (SSSR count). The largest absolute Gasteiger partial charge is 0.143 e. The first-order chi connectivity index (χ1) is 8.11. The molecule has 1 heterocycles. The summed E-state index contributed by atoms with van der Waals surface area (Å²) in [5, 5.41) is -0.0512. The average Bonchev–Trinajstić information content (AvgIpc) is 2.80. The SMILES string of the molecule is CCc1ccc(C(Cl)c2cc(Br)ccc2I)s1. The van der Waals surface area contributed by atoms with Crippen molar-refractivity contribution in [1.29, 1.82) is 0 Å². The van der Waals surface area contributed by atoms with Crippen molar-refractivity contribution in [3.05, 3.63) is 53.7 Å². The monoisotopic (exact) mass is 440 g/mol. The quantitative estimate of drug-likeness (QED) is 0.404. The van der Waals surface area contributed by atoms with Gasteiger partial charge in [0.15, 0.2) is 0 Å². The average molecular weight is 442 g/mol. The van der Waals surface area contributed by atoms with Crippen molar-refractivity contribution >= 4 is 61.5 Å². The van der Waals surface area contributed by atoms with Crippen LogP contribution in [0.5, 0.6) is 0 Å². The Hall–Kier alpha value is 0.420. The van der Waals surface area contributed by atoms with Gasteiger partial charge in [0, 0.05) is 17.8 Å². The molecule has 0 aliphatic carbocycles. The Balaban J connectivity index is 2.35. The number of aryl methyl sites for hydroxylation is 1. The minimum absolute atomic E-state index is 0.0512. The maximum atomic E-state index is 6.56. The molecule has 1 aromatic heterocycles. The van der Waals surface area contributed by atoms with E-state index in [1.165, 1.54) is 18.9 Å². The summed E-state index contributed by atoms with van der Waals surface area (Å²) in [7, 11) is 0. The number of rotatable bonds is 3. The van der Waals surface area contributed by atoms with Crippen molar-refractivity contribution in [1.82, 2.24) is 0 Å². The summed E-state index contributed by atoms with van der Waals surface area (Å²) < 4.78 is 2.28. The molecule has 0 amide bonds. The highest BCUT2D eigenvalue weighted by atomic mass is 127. The topological polar surface area (TPSA) is 0 Å². The van der Waals surface area contributed by atoms with Crippen LogP contribution in [0.3, 0.4) is 0 Å². The maximum Gasteiger partial charge on any atom is 0.0938 e. The zero-order valence-electron chi connectivity index (χ0n) is 9.21. The molecule has 1 aromatic carbocycles. The molecule has 0 aliphatic rings. The van der Waals surface area contributed by atoms with Crippen LogP contribution in [0.15, 0.2) is 34.8 Å². The van der Waals surface area contributed by atoms with E-state index in [-0.39, 0.29) is 5.38 Å². The predicted octanol–water partition coefficient (Wildman–Crippen LogP) is 6.01. The van der Waals surface area contributed by atoms with Crippen molar-refractivity contribution < 1.29 is 0 Å². The summed E-state index contributed by atoms with van der Waals surface area (Å²) in [4.78, 5) is 2.61. The Bertz CT molecular complexity index is 524. The third kappa shape index (κ3) is 3.25. The van der Waals surface area contributed by atoms with E-state index in [2.05, 4.69) is 69.7 Å². The number of hydrogen-bond donors (Lipinski definition) is 0. The first kappa shape index (κ1) is 13.8. The van der Waals surface area contributed by atoms with Crippen LogP contribution in [0.25, 0.3) is 0 Å². The van der Waals surface area contributed by atoms with Crippen LogP contribution in [-0.4, -0.2) is 0 Å². The maximum absolute atomic E-state index is 6.56. The Kier molecular flexibility index (Phi) is 4.92. The lowest BCUT2D eigenvalue weighted by Crippen LogP contribution is -1.93. The molecule has 1 unspecified atom stereocenters. The third-order valence-corrected chi connectivity index (χ3v) is 5.88. The summed E-state index contributed by atoms with van der Waals surface area (Å²) >= 11 is 14.2. The minimum atomic E-state index is -0.0512. The lowest BCUT2D eigenvalue weighted by Gasteiger charge is -2.10. The summed E-state index contributed by atoms with van der Waals surface area (Å²) in [6, 6.07) is 10.5. The number of halogens is 3. The fraction of sp³-hybridized carbons (Fsp3) is 0.231. The normalized spacial score (nSPS) is 12.7. The number of hydrogen-bond acceptors (Lipinski definition) is 1. The van der Waals surface area contributed by atoms with E-state index in [1.54, 1.807) is 11.3 Å². The zero-order chi connectivity index (χ0) is 12.4. The van der Waals surface area contributed by atoms with Gasteiger partial charge in [-0.25, -0.2) is 0 Å². The van der Waals surface area contributed by atoms with E-state index < -0.39 is 0 Å². The van der Waals surface area contributed by atoms with Gasteiger partial charge in [0.1, 0.15) is 0 Å². The highest BCUT2D eigenvalue weighted by molar-refractivity contribution is 14.1. The predicted molar refractivity (Wildman–Crippen MR) is 88.3 cm³/mol. The Morgan fingerprint density at radius 1 is 1.35 bits per heavy atom. The standard InChI is InChI=1S/C13H11BrClIS/c1-2-9-4-6-12(17-9)13(15)10-7-8(14)3-5-11(10)16/h3-7,13H,2H2,1H3. The molecule has 0 spiro atoms. The lowest BCUT2D eigenvalue weighted by atomic mass is 10.1. The number of thiophene rings is 1. The molecule has 0 fully saturated rings. The van der Waals surface area contributed by atoms with Crippen LogP contribution < -0.4 is 0 Å². The van der Waals surface area contributed by atoms with Gasteiger partial charge in [-0.1, -0.05) is 22.9 Å². The molecule has 2 aromatic rings. The smallest absolute Gasteiger partial charge is 0.0938 e. The molecule has 0 saturated carbocycles. The first-order valence-electron chi connectivity index (χ1n) is 5.29. The van der Waals surface area contributed by atoms with Gasteiger partial charge in [-0.15, -0.1) is 22.9 Å². The molecule has 0 N–H and O–H groups in total. The molecule has 4 heteroatoms. The van der Waals surface area contributed by atoms with Crippen LogP contribution >= 0.6 is 61.5 Å². The van der Waals surface area contributed by atoms with Crippen LogP contribution in [-0.2, 0) is 6.42 Å². The van der Waals surface area contributed by atoms with Crippen molar-refractivity contribution in [2.45, 2.75) is 18.7 Å². The molecule has 0 nitrogen and oxygen atoms in total. The van der Waals surface area contributed by atoms with Gasteiger partial charge in [-0.3, -0.25) is 0 Å². The Morgan fingerprint density at radius 2 is 2.12 bits per heavy atom. The zero-order valence-corrected chi connectivity index (χ0v) is 14.5. The number of benzene rings is 1. The fourth-order valence-corrected chi connectivity index (χ4v) is 4.13. The molecule has 0 saturated heterocycles. The second-order valence-corrected chi connectivity index (χ2v) is 7.40. The highest BCUT2D eigenvalue weighted by Gasteiger charge is 2.16. The molecular weight excluding hydrogens is 430 g/mol. The van der Waals surface area contributed by atoms with Crippen molar-refractivity contribution in [2.24, 2.45) is 0 Å². The van der Waals surface area contributed by atoms with Crippen LogP contribution in [0.4, 0.5) is 0 Å². The first-order valence-corrected chi connectivity index (χ1v) is 8.42. The van der Waals surface area contributed by atoms with Gasteiger partial charge in [-0.2, -0.15) is 0 Å². The summed E-state index contributed by atoms with van der Waals surface area (Å²) in [6.07, 6.45) is 1.07. The summed E-state index contributed by atoms with van der Waals surface area (Å²) in [5.41, 5.74) is 1.17. The van der Waals surface area contributed by atoms with E-state index in [0.717, 1.165) is 10.9 Å². The van der Waals surface area contributed by atoms with Crippen LogP contribution in [0.1, 0.15) is 27.6 Å². The third-order valence-electron chi connectivity index (χ3n) is 2.51. The van der Waals surface area contributed by atoms with Crippen LogP contribution in [0, 0.1) is 3.57 Å². The van der Waals surface area contributed by atoms with E-state index in [4.69, 9.17) is 11.6 Å². The van der Waals surface area contributed by atoms with E-state index in [0.29, 0.717) is 0 Å². The van der Waals surface area contributed by atoms with Gasteiger partial charge < -0.3 is 0 Å². The molecule has 17 heavy (non-hydrogen) atoms. The van der Waals surface area contributed by atoms with Gasteiger partial charge in [0.25, 0.3) is 0 Å². The van der Waals surface area contributed by atoms with Crippen molar-refractivity contribution in [2.75, 3.05) is 0 Å². The van der Waals surface area contributed by atoms with Crippen molar-refractivity contribution in [3.63, 3.8) is 0 Å². The van der Waals surface area contributed by atoms with Gasteiger partial charge in [0.2, 0.25) is 0 Å².